The Bertz CT molecular complexity index is 134. The summed E-state index contributed by atoms with van der Waals surface area (Å²) in [6.45, 7) is 12.3. The minimum atomic E-state index is -0.326. The Morgan fingerprint density at radius 2 is 1.60 bits per heavy atom. The van der Waals surface area contributed by atoms with Crippen molar-refractivity contribution in [1.82, 2.24) is 0 Å². The molecule has 2 nitrogen and oxygen atoms in total. The molecule has 0 aliphatic heterocycles. The van der Waals surface area contributed by atoms with Crippen LogP contribution in [0, 0.1) is 12.3 Å². The quantitative estimate of drug-likeness (QED) is 0.448. The van der Waals surface area contributed by atoms with E-state index < -0.39 is 0 Å². The zero-order chi connectivity index (χ0) is 11.7. The fourth-order valence-electron chi connectivity index (χ4n) is 1.73. The monoisotopic (exact) mass is 231 g/mol. The van der Waals surface area contributed by atoms with E-state index in [2.05, 4.69) is 27.2 Å². The Balaban J connectivity index is 3.96. The molecule has 0 bridgehead atoms. The van der Waals surface area contributed by atoms with Crippen LogP contribution >= 0.6 is 0 Å². The average molecular weight is 231 g/mol. The molecular weight excluding hydrogens is 204 g/mol. The lowest BCUT2D eigenvalue weighted by molar-refractivity contribution is -0.0832. The minimum absolute atomic E-state index is 0.111. The van der Waals surface area contributed by atoms with E-state index in [-0.39, 0.29) is 15.4 Å². The van der Waals surface area contributed by atoms with Gasteiger partial charge in [-0.15, -0.1) is 0 Å². The maximum atomic E-state index is 5.62. The highest BCUT2D eigenvalue weighted by atomic mass is 28.2. The molecule has 0 aliphatic carbocycles. The summed E-state index contributed by atoms with van der Waals surface area (Å²) in [6.07, 6.45) is 3.68. The van der Waals surface area contributed by atoms with Gasteiger partial charge in [0.1, 0.15) is 5.91 Å². The maximum absolute atomic E-state index is 5.62. The molecule has 0 heterocycles. The molecule has 0 rings (SSSR count). The van der Waals surface area contributed by atoms with Gasteiger partial charge in [-0.25, -0.2) is 0 Å². The van der Waals surface area contributed by atoms with Crippen molar-refractivity contribution in [3.05, 3.63) is 6.42 Å². The van der Waals surface area contributed by atoms with Crippen molar-refractivity contribution < 1.29 is 9.47 Å². The van der Waals surface area contributed by atoms with Crippen LogP contribution in [0.2, 0.25) is 5.54 Å². The van der Waals surface area contributed by atoms with Crippen LogP contribution in [0.15, 0.2) is 0 Å². The van der Waals surface area contributed by atoms with E-state index in [1.165, 1.54) is 6.42 Å². The van der Waals surface area contributed by atoms with Crippen molar-refractivity contribution in [2.24, 2.45) is 5.92 Å². The molecule has 0 saturated carbocycles. The summed E-state index contributed by atoms with van der Waals surface area (Å²) in [6, 6.07) is 0. The first-order valence-corrected chi connectivity index (χ1v) is 7.85. The summed E-state index contributed by atoms with van der Waals surface area (Å²) in [5.74, 6) is 0.784. The molecule has 0 amide bonds. The van der Waals surface area contributed by atoms with Crippen molar-refractivity contribution in [3.63, 3.8) is 0 Å². The largest absolute Gasteiger partial charge is 0.357 e. The number of hydrogen-bond donors (Lipinski definition) is 0. The molecule has 1 atom stereocenters. The highest BCUT2D eigenvalue weighted by Gasteiger charge is 2.17. The lowest BCUT2D eigenvalue weighted by Gasteiger charge is -2.23. The van der Waals surface area contributed by atoms with Gasteiger partial charge >= 0.3 is 0 Å². The molecule has 15 heavy (non-hydrogen) atoms. The third-order valence-corrected chi connectivity index (χ3v) is 4.69. The first kappa shape index (κ1) is 15.1. The van der Waals surface area contributed by atoms with E-state index in [0.29, 0.717) is 5.92 Å². The first-order valence-electron chi connectivity index (χ1n) is 6.22. The van der Waals surface area contributed by atoms with Gasteiger partial charge < -0.3 is 9.47 Å². The molecule has 0 aliphatic rings. The van der Waals surface area contributed by atoms with Crippen LogP contribution in [0.5, 0.6) is 0 Å². The summed E-state index contributed by atoms with van der Waals surface area (Å²) in [5, 5.41) is 0. The van der Waals surface area contributed by atoms with Crippen molar-refractivity contribution in [2.75, 3.05) is 13.2 Å². The van der Waals surface area contributed by atoms with Crippen molar-refractivity contribution >= 4 is 9.52 Å². The second-order valence-electron chi connectivity index (χ2n) is 4.18. The van der Waals surface area contributed by atoms with E-state index in [0.717, 1.165) is 18.8 Å². The Kier molecular flexibility index (Phi) is 9.45. The minimum Gasteiger partial charge on any atom is -0.357 e. The van der Waals surface area contributed by atoms with E-state index in [9.17, 15) is 0 Å². The molecule has 0 spiro atoms. The fraction of sp³-hybridized carbons (Fsp3) is 0.917. The van der Waals surface area contributed by atoms with Gasteiger partial charge in [-0.2, -0.15) is 0 Å². The number of hydrogen-bond acceptors (Lipinski definition) is 2. The molecule has 0 aromatic carbocycles. The van der Waals surface area contributed by atoms with Gasteiger partial charge in [0.25, 0.3) is 0 Å². The molecule has 0 N–H and O–H groups in total. The van der Waals surface area contributed by atoms with E-state index in [1.54, 1.807) is 0 Å². The number of rotatable bonds is 9. The standard InChI is InChI=1S/C12H27O2Si/c1-6-11(9-10(4)5)15-12(13-7-2)14-8-3/h9-12H,6-8,15H2,1-5H3. The van der Waals surface area contributed by atoms with Crippen LogP contribution in [-0.2, 0) is 9.47 Å². The van der Waals surface area contributed by atoms with Gasteiger partial charge in [0.15, 0.2) is 0 Å². The average Bonchev–Trinajstić information content (AvgIpc) is 2.16. The smallest absolute Gasteiger partial charge is 0.135 e. The molecule has 0 saturated heterocycles. The summed E-state index contributed by atoms with van der Waals surface area (Å²) in [4.78, 5) is 0. The predicted octanol–water partition coefficient (Wildman–Crippen LogP) is 2.57. The van der Waals surface area contributed by atoms with Gasteiger partial charge in [-0.3, -0.25) is 0 Å². The third kappa shape index (κ3) is 8.00. The van der Waals surface area contributed by atoms with Crippen LogP contribution in [0.1, 0.15) is 41.0 Å². The summed E-state index contributed by atoms with van der Waals surface area (Å²) < 4.78 is 11.2. The zero-order valence-corrected chi connectivity index (χ0v) is 12.4. The van der Waals surface area contributed by atoms with E-state index in [1.807, 2.05) is 13.8 Å². The molecular formula is C12H27O2Si. The first-order chi connectivity index (χ1) is 7.13. The highest BCUT2D eigenvalue weighted by molar-refractivity contribution is 6.39. The lowest BCUT2D eigenvalue weighted by atomic mass is 10.1. The second kappa shape index (κ2) is 9.37. The van der Waals surface area contributed by atoms with Crippen LogP contribution in [-0.4, -0.2) is 28.6 Å². The Labute approximate surface area is 97.6 Å². The van der Waals surface area contributed by atoms with Gasteiger partial charge in [-0.1, -0.05) is 27.2 Å². The molecule has 0 aromatic rings. The Hall–Kier alpha value is 0.137. The molecule has 0 aromatic heterocycles. The molecule has 3 heteroatoms. The van der Waals surface area contributed by atoms with Gasteiger partial charge in [0.2, 0.25) is 0 Å². The molecule has 91 valence electrons. The van der Waals surface area contributed by atoms with Crippen LogP contribution in [0.3, 0.4) is 0 Å². The van der Waals surface area contributed by atoms with Crippen LogP contribution < -0.4 is 0 Å². The summed E-state index contributed by atoms with van der Waals surface area (Å²) in [7, 11) is -0.326. The SMILES string of the molecule is CCOC(OCC)[SiH2]C([CH]C(C)C)CC. The lowest BCUT2D eigenvalue weighted by Crippen LogP contribution is -2.28. The predicted molar refractivity (Wildman–Crippen MR) is 68.8 cm³/mol. The normalized spacial score (nSPS) is 14.6. The van der Waals surface area contributed by atoms with Crippen molar-refractivity contribution in [2.45, 2.75) is 52.5 Å². The van der Waals surface area contributed by atoms with Gasteiger partial charge in [0.05, 0.1) is 9.52 Å². The summed E-state index contributed by atoms with van der Waals surface area (Å²) in [5.41, 5.74) is 0.744. The molecule has 1 radical (unpaired) electrons. The highest BCUT2D eigenvalue weighted by Crippen LogP contribution is 2.20. The van der Waals surface area contributed by atoms with Crippen LogP contribution in [0.25, 0.3) is 0 Å². The fourth-order valence-corrected chi connectivity index (χ4v) is 4.00. The Morgan fingerprint density at radius 1 is 1.07 bits per heavy atom. The van der Waals surface area contributed by atoms with Crippen molar-refractivity contribution in [1.29, 1.82) is 0 Å². The van der Waals surface area contributed by atoms with Gasteiger partial charge in [0, 0.05) is 13.2 Å². The second-order valence-corrected chi connectivity index (χ2v) is 6.37. The molecule has 1 unspecified atom stereocenters. The van der Waals surface area contributed by atoms with Gasteiger partial charge in [-0.05, 0) is 31.7 Å². The topological polar surface area (TPSA) is 18.5 Å². The zero-order valence-electron chi connectivity index (χ0n) is 11.0. The van der Waals surface area contributed by atoms with E-state index >= 15 is 0 Å². The van der Waals surface area contributed by atoms with E-state index in [4.69, 9.17) is 9.47 Å². The van der Waals surface area contributed by atoms with Crippen molar-refractivity contribution in [3.8, 4) is 0 Å². The molecule has 0 fully saturated rings. The number of ether oxygens (including phenoxy) is 2. The third-order valence-electron chi connectivity index (χ3n) is 2.38. The Morgan fingerprint density at radius 3 is 1.93 bits per heavy atom. The summed E-state index contributed by atoms with van der Waals surface area (Å²) >= 11 is 0. The van der Waals surface area contributed by atoms with Crippen LogP contribution in [0.4, 0.5) is 0 Å². The maximum Gasteiger partial charge on any atom is 0.135 e.